The summed E-state index contributed by atoms with van der Waals surface area (Å²) in [4.78, 5) is 18.8. The van der Waals surface area contributed by atoms with Crippen LogP contribution in [0.3, 0.4) is 0 Å². The molecule has 1 aliphatic heterocycles. The zero-order valence-electron chi connectivity index (χ0n) is 13.5. The molecule has 0 spiro atoms. The van der Waals surface area contributed by atoms with Gasteiger partial charge < -0.3 is 15.0 Å². The Morgan fingerprint density at radius 2 is 2.13 bits per heavy atom. The number of aryl methyl sites for hydroxylation is 1. The Labute approximate surface area is 136 Å². The van der Waals surface area contributed by atoms with Crippen molar-refractivity contribution in [3.05, 3.63) is 53.2 Å². The van der Waals surface area contributed by atoms with Gasteiger partial charge in [0.1, 0.15) is 0 Å². The van der Waals surface area contributed by atoms with Crippen molar-refractivity contribution >= 4 is 11.7 Å². The molecule has 2 aromatic rings. The van der Waals surface area contributed by atoms with Crippen molar-refractivity contribution in [3.8, 4) is 5.88 Å². The highest BCUT2D eigenvalue weighted by atomic mass is 16.5. The Hall–Kier alpha value is -2.56. The van der Waals surface area contributed by atoms with Gasteiger partial charge in [0.2, 0.25) is 5.88 Å². The Kier molecular flexibility index (Phi) is 4.46. The van der Waals surface area contributed by atoms with E-state index in [1.807, 2.05) is 55.1 Å². The number of nitrogens with one attached hydrogen (secondary N) is 1. The van der Waals surface area contributed by atoms with E-state index < -0.39 is 0 Å². The second-order valence-electron chi connectivity index (χ2n) is 5.60. The van der Waals surface area contributed by atoms with Gasteiger partial charge in [-0.15, -0.1) is 0 Å². The number of urea groups is 1. The van der Waals surface area contributed by atoms with Crippen molar-refractivity contribution < 1.29 is 9.53 Å². The summed E-state index contributed by atoms with van der Waals surface area (Å²) in [7, 11) is 0. The number of nitrogens with zero attached hydrogens (tertiary/aromatic N) is 2. The number of aromatic nitrogens is 1. The third-order valence-electron chi connectivity index (χ3n) is 3.99. The highest BCUT2D eigenvalue weighted by Gasteiger charge is 2.22. The van der Waals surface area contributed by atoms with Gasteiger partial charge in [-0.25, -0.2) is 9.78 Å². The number of pyridine rings is 1. The summed E-state index contributed by atoms with van der Waals surface area (Å²) in [6.45, 7) is 5.77. The van der Waals surface area contributed by atoms with Gasteiger partial charge in [-0.3, -0.25) is 0 Å². The van der Waals surface area contributed by atoms with Crippen molar-refractivity contribution in [2.75, 3.05) is 18.5 Å². The molecule has 0 saturated carbocycles. The Bertz CT molecular complexity index is 715. The molecule has 120 valence electrons. The quantitative estimate of drug-likeness (QED) is 0.945. The lowest BCUT2D eigenvalue weighted by molar-refractivity contribution is 0.205. The Morgan fingerprint density at radius 1 is 1.30 bits per heavy atom. The Balaban J connectivity index is 1.69. The third kappa shape index (κ3) is 3.44. The van der Waals surface area contributed by atoms with E-state index in [0.717, 1.165) is 28.9 Å². The summed E-state index contributed by atoms with van der Waals surface area (Å²) in [5.74, 6) is 0.657. The second kappa shape index (κ2) is 6.69. The van der Waals surface area contributed by atoms with Gasteiger partial charge in [-0.1, -0.05) is 24.3 Å². The van der Waals surface area contributed by atoms with Crippen molar-refractivity contribution in [2.24, 2.45) is 0 Å². The van der Waals surface area contributed by atoms with Crippen LogP contribution in [-0.2, 0) is 13.0 Å². The van der Waals surface area contributed by atoms with E-state index in [9.17, 15) is 4.79 Å². The molecule has 5 heteroatoms. The number of fused-ring (bicyclic) bond motifs is 1. The molecule has 0 fully saturated rings. The minimum atomic E-state index is -0.0705. The highest BCUT2D eigenvalue weighted by molar-refractivity contribution is 5.90. The maximum Gasteiger partial charge on any atom is 0.322 e. The summed E-state index contributed by atoms with van der Waals surface area (Å²) in [6.07, 6.45) is 0.747. The lowest BCUT2D eigenvalue weighted by Crippen LogP contribution is -2.39. The number of hydrogen-bond donors (Lipinski definition) is 1. The number of hydrogen-bond acceptors (Lipinski definition) is 3. The van der Waals surface area contributed by atoms with Crippen molar-refractivity contribution in [2.45, 2.75) is 26.8 Å². The minimum absolute atomic E-state index is 0.0705. The average Bonchev–Trinajstić information content (AvgIpc) is 2.56. The first-order valence-corrected chi connectivity index (χ1v) is 7.90. The van der Waals surface area contributed by atoms with E-state index in [1.54, 1.807) is 0 Å². The predicted molar refractivity (Wildman–Crippen MR) is 89.7 cm³/mol. The van der Waals surface area contributed by atoms with Gasteiger partial charge in [-0.05, 0) is 31.0 Å². The van der Waals surface area contributed by atoms with Gasteiger partial charge in [-0.2, -0.15) is 0 Å². The largest absolute Gasteiger partial charge is 0.478 e. The lowest BCUT2D eigenvalue weighted by atomic mass is 10.1. The van der Waals surface area contributed by atoms with E-state index in [1.165, 1.54) is 0 Å². The molecule has 2 amide bonds. The SMILES string of the molecule is CCOc1ccc2c(n1)CCN(C(=O)Nc1ccccc1C)C2. The fourth-order valence-corrected chi connectivity index (χ4v) is 2.71. The van der Waals surface area contributed by atoms with E-state index in [4.69, 9.17) is 4.74 Å². The molecule has 3 rings (SSSR count). The fourth-order valence-electron chi connectivity index (χ4n) is 2.71. The van der Waals surface area contributed by atoms with Gasteiger partial charge in [0.25, 0.3) is 0 Å². The number of para-hydroxylation sites is 1. The van der Waals surface area contributed by atoms with E-state index in [2.05, 4.69) is 10.3 Å². The maximum atomic E-state index is 12.5. The second-order valence-corrected chi connectivity index (χ2v) is 5.60. The minimum Gasteiger partial charge on any atom is -0.478 e. The first kappa shape index (κ1) is 15.3. The van der Waals surface area contributed by atoms with Crippen LogP contribution in [-0.4, -0.2) is 29.1 Å². The van der Waals surface area contributed by atoms with Crippen LogP contribution in [0.4, 0.5) is 10.5 Å². The van der Waals surface area contributed by atoms with Gasteiger partial charge in [0, 0.05) is 31.3 Å². The van der Waals surface area contributed by atoms with Gasteiger partial charge in [0.05, 0.1) is 12.3 Å². The van der Waals surface area contributed by atoms with Crippen molar-refractivity contribution in [1.82, 2.24) is 9.88 Å². The summed E-state index contributed by atoms with van der Waals surface area (Å²) in [5, 5.41) is 2.98. The molecular weight excluding hydrogens is 290 g/mol. The molecule has 23 heavy (non-hydrogen) atoms. The first-order chi connectivity index (χ1) is 11.2. The van der Waals surface area contributed by atoms with E-state index >= 15 is 0 Å². The molecule has 0 atom stereocenters. The number of carbonyl (C=O) groups excluding carboxylic acids is 1. The maximum absolute atomic E-state index is 12.5. The fraction of sp³-hybridized carbons (Fsp3) is 0.333. The van der Waals surface area contributed by atoms with Crippen LogP contribution in [0.2, 0.25) is 0 Å². The standard InChI is InChI=1S/C18H21N3O2/c1-3-23-17-9-8-14-12-21(11-10-16(14)19-17)18(22)20-15-7-5-4-6-13(15)2/h4-9H,3,10-12H2,1-2H3,(H,20,22). The molecule has 1 aliphatic rings. The zero-order valence-corrected chi connectivity index (χ0v) is 13.5. The highest BCUT2D eigenvalue weighted by Crippen LogP contribution is 2.22. The van der Waals surface area contributed by atoms with Crippen molar-refractivity contribution in [1.29, 1.82) is 0 Å². The number of amides is 2. The first-order valence-electron chi connectivity index (χ1n) is 7.90. The molecule has 1 aromatic carbocycles. The van der Waals surface area contributed by atoms with Crippen LogP contribution in [0.25, 0.3) is 0 Å². The third-order valence-corrected chi connectivity index (χ3v) is 3.99. The summed E-state index contributed by atoms with van der Waals surface area (Å²) in [6, 6.07) is 11.6. The summed E-state index contributed by atoms with van der Waals surface area (Å²) < 4.78 is 5.43. The van der Waals surface area contributed by atoms with Crippen LogP contribution >= 0.6 is 0 Å². The molecule has 0 radical (unpaired) electrons. The lowest BCUT2D eigenvalue weighted by Gasteiger charge is -2.28. The topological polar surface area (TPSA) is 54.5 Å². The number of ether oxygens (including phenoxy) is 1. The van der Waals surface area contributed by atoms with E-state index in [-0.39, 0.29) is 6.03 Å². The molecule has 0 aliphatic carbocycles. The Morgan fingerprint density at radius 3 is 2.91 bits per heavy atom. The zero-order chi connectivity index (χ0) is 16.2. The van der Waals surface area contributed by atoms with Crippen molar-refractivity contribution in [3.63, 3.8) is 0 Å². The average molecular weight is 311 g/mol. The van der Waals surface area contributed by atoms with Crippen LogP contribution in [0.15, 0.2) is 36.4 Å². The molecule has 5 nitrogen and oxygen atoms in total. The molecule has 0 saturated heterocycles. The molecular formula is C18H21N3O2. The van der Waals surface area contributed by atoms with E-state index in [0.29, 0.717) is 25.6 Å². The predicted octanol–water partition coefficient (Wildman–Crippen LogP) is 3.38. The number of carbonyl (C=O) groups is 1. The van der Waals surface area contributed by atoms with Crippen LogP contribution in [0, 0.1) is 6.92 Å². The number of benzene rings is 1. The number of rotatable bonds is 3. The normalized spacial score (nSPS) is 13.4. The van der Waals surface area contributed by atoms with Crippen LogP contribution in [0.1, 0.15) is 23.7 Å². The molecule has 1 aromatic heterocycles. The molecule has 0 bridgehead atoms. The van der Waals surface area contributed by atoms with Gasteiger partial charge >= 0.3 is 6.03 Å². The van der Waals surface area contributed by atoms with Crippen LogP contribution < -0.4 is 10.1 Å². The van der Waals surface area contributed by atoms with Crippen LogP contribution in [0.5, 0.6) is 5.88 Å². The summed E-state index contributed by atoms with van der Waals surface area (Å²) >= 11 is 0. The summed E-state index contributed by atoms with van der Waals surface area (Å²) in [5.41, 5.74) is 4.02. The molecule has 1 N–H and O–H groups in total. The smallest absolute Gasteiger partial charge is 0.322 e. The monoisotopic (exact) mass is 311 g/mol. The number of anilines is 1. The molecule has 0 unspecified atom stereocenters. The molecule has 2 heterocycles. The van der Waals surface area contributed by atoms with Gasteiger partial charge in [0.15, 0.2) is 0 Å².